The Morgan fingerprint density at radius 1 is 1.08 bits per heavy atom. The molecule has 0 fully saturated rings. The van der Waals surface area contributed by atoms with Gasteiger partial charge in [0.1, 0.15) is 15.2 Å². The normalized spacial score (nSPS) is 10.5. The summed E-state index contributed by atoms with van der Waals surface area (Å²) in [6.45, 7) is 5.64. The number of thiazole rings is 1. The van der Waals surface area contributed by atoms with Crippen LogP contribution in [0.1, 0.15) is 34.8 Å². The van der Waals surface area contributed by atoms with Gasteiger partial charge in [0.25, 0.3) is 0 Å². The van der Waals surface area contributed by atoms with Crippen LogP contribution in [0.4, 0.5) is 11.1 Å². The third-order valence-electron chi connectivity index (χ3n) is 3.01. The fraction of sp³-hybridized carbons (Fsp3) is 0.400. The molecule has 0 aromatic carbocycles. The summed E-state index contributed by atoms with van der Waals surface area (Å²) < 4.78 is 9.83. The fourth-order valence-corrected chi connectivity index (χ4v) is 3.30. The van der Waals surface area contributed by atoms with Gasteiger partial charge in [0.05, 0.1) is 25.3 Å². The van der Waals surface area contributed by atoms with Crippen LogP contribution in [0.15, 0.2) is 0 Å². The summed E-state index contributed by atoms with van der Waals surface area (Å²) in [6.07, 6.45) is -0.130. The highest BCUT2D eigenvalue weighted by atomic mass is 35.5. The predicted octanol–water partition coefficient (Wildman–Crippen LogP) is 3.57. The van der Waals surface area contributed by atoms with Crippen molar-refractivity contribution in [2.24, 2.45) is 0 Å². The molecule has 0 saturated carbocycles. The first-order valence-electron chi connectivity index (χ1n) is 7.64. The van der Waals surface area contributed by atoms with Gasteiger partial charge in [0.15, 0.2) is 5.13 Å². The molecule has 2 aromatic rings. The Morgan fingerprint density at radius 3 is 2.27 bits per heavy atom. The molecule has 26 heavy (non-hydrogen) atoms. The summed E-state index contributed by atoms with van der Waals surface area (Å²) >= 11 is 13.3. The van der Waals surface area contributed by atoms with Gasteiger partial charge in [-0.25, -0.2) is 19.7 Å². The number of nitrogens with one attached hydrogen (secondary N) is 1. The maximum atomic E-state index is 11.8. The van der Waals surface area contributed by atoms with Crippen LogP contribution in [0.25, 0.3) is 0 Å². The second kappa shape index (κ2) is 9.11. The Bertz CT molecular complexity index is 805. The Hall–Kier alpha value is -1.97. The Balaban J connectivity index is 2.19. The second-order valence-corrected chi connectivity index (χ2v) is 6.58. The first-order chi connectivity index (χ1) is 12.3. The number of anilines is 2. The largest absolute Gasteiger partial charge is 0.466 e. The van der Waals surface area contributed by atoms with E-state index in [9.17, 15) is 9.59 Å². The SMILES string of the molecule is CCOC(=O)Cc1c(Cl)nc(Nc2nc(C)c(C(=O)OCC)s2)nc1Cl. The third kappa shape index (κ3) is 5.03. The van der Waals surface area contributed by atoms with Crippen LogP contribution in [0.5, 0.6) is 0 Å². The van der Waals surface area contributed by atoms with Crippen molar-refractivity contribution in [3.63, 3.8) is 0 Å². The number of halogens is 2. The number of aryl methyl sites for hydroxylation is 1. The predicted molar refractivity (Wildman–Crippen MR) is 98.5 cm³/mol. The number of esters is 2. The third-order valence-corrected chi connectivity index (χ3v) is 4.69. The standard InChI is InChI=1S/C15H16Cl2N4O4S/c1-4-24-9(22)6-8-11(16)19-14(20-12(8)17)21-15-18-7(3)10(26-15)13(23)25-5-2/h4-6H2,1-3H3,(H,18,19,20,21). The van der Waals surface area contributed by atoms with Crippen LogP contribution in [-0.4, -0.2) is 40.1 Å². The van der Waals surface area contributed by atoms with Crippen molar-refractivity contribution in [3.05, 3.63) is 26.4 Å². The summed E-state index contributed by atoms with van der Waals surface area (Å²) in [6, 6.07) is 0. The van der Waals surface area contributed by atoms with Gasteiger partial charge in [-0.15, -0.1) is 0 Å². The highest BCUT2D eigenvalue weighted by Gasteiger charge is 2.19. The quantitative estimate of drug-likeness (QED) is 0.537. The molecular weight excluding hydrogens is 403 g/mol. The Labute approximate surface area is 163 Å². The van der Waals surface area contributed by atoms with E-state index in [1.165, 1.54) is 0 Å². The first-order valence-corrected chi connectivity index (χ1v) is 9.22. The zero-order chi connectivity index (χ0) is 19.3. The lowest BCUT2D eigenvalue weighted by molar-refractivity contribution is -0.142. The Kier molecular flexibility index (Phi) is 7.13. The molecule has 0 aliphatic rings. The van der Waals surface area contributed by atoms with E-state index < -0.39 is 11.9 Å². The highest BCUT2D eigenvalue weighted by Crippen LogP contribution is 2.28. The molecule has 0 aliphatic carbocycles. The lowest BCUT2D eigenvalue weighted by atomic mass is 10.2. The van der Waals surface area contributed by atoms with Gasteiger partial charge in [0.2, 0.25) is 5.95 Å². The van der Waals surface area contributed by atoms with Gasteiger partial charge in [-0.2, -0.15) is 0 Å². The van der Waals surface area contributed by atoms with Crippen molar-refractivity contribution in [3.8, 4) is 0 Å². The van der Waals surface area contributed by atoms with Gasteiger partial charge >= 0.3 is 11.9 Å². The maximum Gasteiger partial charge on any atom is 0.350 e. The van der Waals surface area contributed by atoms with Gasteiger partial charge < -0.3 is 9.47 Å². The second-order valence-electron chi connectivity index (χ2n) is 4.87. The van der Waals surface area contributed by atoms with E-state index in [0.717, 1.165) is 11.3 Å². The van der Waals surface area contributed by atoms with Crippen LogP contribution >= 0.6 is 34.5 Å². The minimum absolute atomic E-state index is 0.0273. The lowest BCUT2D eigenvalue weighted by Gasteiger charge is -2.08. The average Bonchev–Trinajstić information content (AvgIpc) is 2.92. The van der Waals surface area contributed by atoms with E-state index in [0.29, 0.717) is 15.7 Å². The molecule has 2 rings (SSSR count). The van der Waals surface area contributed by atoms with Gasteiger partial charge in [0, 0.05) is 5.56 Å². The topological polar surface area (TPSA) is 103 Å². The van der Waals surface area contributed by atoms with Crippen molar-refractivity contribution in [2.75, 3.05) is 18.5 Å². The van der Waals surface area contributed by atoms with Crippen molar-refractivity contribution in [1.29, 1.82) is 0 Å². The molecule has 0 amide bonds. The molecule has 2 aromatic heterocycles. The zero-order valence-corrected chi connectivity index (χ0v) is 16.6. The summed E-state index contributed by atoms with van der Waals surface area (Å²) in [4.78, 5) is 36.2. The van der Waals surface area contributed by atoms with Crippen LogP contribution in [0, 0.1) is 6.92 Å². The molecule has 8 nitrogen and oxygen atoms in total. The summed E-state index contributed by atoms with van der Waals surface area (Å²) in [5.74, 6) is -0.829. The van der Waals surface area contributed by atoms with Crippen molar-refractivity contribution in [2.45, 2.75) is 27.2 Å². The lowest BCUT2D eigenvalue weighted by Crippen LogP contribution is -2.10. The number of nitrogens with zero attached hydrogens (tertiary/aromatic N) is 3. The zero-order valence-electron chi connectivity index (χ0n) is 14.3. The monoisotopic (exact) mass is 418 g/mol. The molecule has 11 heteroatoms. The molecule has 0 bridgehead atoms. The van der Waals surface area contributed by atoms with Crippen LogP contribution in [0.3, 0.4) is 0 Å². The van der Waals surface area contributed by atoms with Crippen molar-refractivity contribution >= 4 is 57.6 Å². The molecule has 2 heterocycles. The van der Waals surface area contributed by atoms with Gasteiger partial charge in [-0.3, -0.25) is 10.1 Å². The van der Waals surface area contributed by atoms with E-state index in [1.807, 2.05) is 0 Å². The molecule has 0 atom stereocenters. The molecule has 0 spiro atoms. The van der Waals surface area contributed by atoms with Crippen LogP contribution in [-0.2, 0) is 20.7 Å². The number of carbonyl (C=O) groups is 2. The van der Waals surface area contributed by atoms with Crippen LogP contribution < -0.4 is 5.32 Å². The number of hydrogen-bond donors (Lipinski definition) is 1. The van der Waals surface area contributed by atoms with E-state index >= 15 is 0 Å². The number of carbonyl (C=O) groups excluding carboxylic acids is 2. The summed E-state index contributed by atoms with van der Waals surface area (Å²) in [5.41, 5.74) is 0.798. The minimum atomic E-state index is -0.477. The number of aromatic nitrogens is 3. The summed E-state index contributed by atoms with van der Waals surface area (Å²) in [5, 5.41) is 3.28. The fourth-order valence-electron chi connectivity index (χ4n) is 1.92. The van der Waals surface area contributed by atoms with E-state index in [2.05, 4.69) is 20.3 Å². The first kappa shape index (κ1) is 20.3. The minimum Gasteiger partial charge on any atom is -0.466 e. The van der Waals surface area contributed by atoms with E-state index in [-0.39, 0.29) is 41.5 Å². The van der Waals surface area contributed by atoms with Gasteiger partial charge in [-0.05, 0) is 20.8 Å². The van der Waals surface area contributed by atoms with Crippen molar-refractivity contribution in [1.82, 2.24) is 15.0 Å². The number of rotatable bonds is 7. The van der Waals surface area contributed by atoms with Crippen LogP contribution in [0.2, 0.25) is 10.3 Å². The van der Waals surface area contributed by atoms with Gasteiger partial charge in [-0.1, -0.05) is 34.5 Å². The molecule has 0 unspecified atom stereocenters. The van der Waals surface area contributed by atoms with Crippen molar-refractivity contribution < 1.29 is 19.1 Å². The molecule has 0 aliphatic heterocycles. The number of hydrogen-bond acceptors (Lipinski definition) is 9. The molecule has 0 saturated heterocycles. The molecule has 0 radical (unpaired) electrons. The number of ether oxygens (including phenoxy) is 2. The summed E-state index contributed by atoms with van der Waals surface area (Å²) in [7, 11) is 0. The molecular formula is C15H16Cl2N4O4S. The smallest absolute Gasteiger partial charge is 0.350 e. The highest BCUT2D eigenvalue weighted by molar-refractivity contribution is 7.17. The Morgan fingerprint density at radius 2 is 1.69 bits per heavy atom. The molecule has 140 valence electrons. The van der Waals surface area contributed by atoms with E-state index in [1.54, 1.807) is 20.8 Å². The molecule has 1 N–H and O–H groups in total. The van der Waals surface area contributed by atoms with E-state index in [4.69, 9.17) is 32.7 Å². The average molecular weight is 419 g/mol. The maximum absolute atomic E-state index is 11.8.